The highest BCUT2D eigenvalue weighted by Gasteiger charge is 2.07. The molecule has 2 aromatic carbocycles. The average Bonchev–Trinajstić information content (AvgIpc) is 2.43. The Morgan fingerprint density at radius 3 is 2.56 bits per heavy atom. The Balaban J connectivity index is 2.13. The molecule has 1 heterocycles. The van der Waals surface area contributed by atoms with Crippen LogP contribution in [-0.4, -0.2) is 15.1 Å². The van der Waals surface area contributed by atoms with Gasteiger partial charge in [-0.3, -0.25) is 0 Å². The van der Waals surface area contributed by atoms with Gasteiger partial charge >= 0.3 is 0 Å². The standard InChI is InChI=1S/C15H12N2O/c18-15-6-5-12-3-1-2-4-13(12)14(15)7-11-8-16-10-17-9-11/h1-6,8-10,18H,7H2. The number of benzene rings is 2. The van der Waals surface area contributed by atoms with Gasteiger partial charge in [0.2, 0.25) is 0 Å². The fourth-order valence-electron chi connectivity index (χ4n) is 2.14. The van der Waals surface area contributed by atoms with Gasteiger partial charge in [-0.2, -0.15) is 0 Å². The smallest absolute Gasteiger partial charge is 0.119 e. The van der Waals surface area contributed by atoms with E-state index in [-0.39, 0.29) is 0 Å². The van der Waals surface area contributed by atoms with Crippen LogP contribution in [-0.2, 0) is 6.42 Å². The summed E-state index contributed by atoms with van der Waals surface area (Å²) in [7, 11) is 0. The van der Waals surface area contributed by atoms with E-state index in [4.69, 9.17) is 0 Å². The molecule has 0 saturated carbocycles. The number of aromatic hydroxyl groups is 1. The summed E-state index contributed by atoms with van der Waals surface area (Å²) in [6, 6.07) is 11.7. The van der Waals surface area contributed by atoms with Gasteiger partial charge < -0.3 is 5.11 Å². The van der Waals surface area contributed by atoms with E-state index in [9.17, 15) is 5.11 Å². The highest BCUT2D eigenvalue weighted by Crippen LogP contribution is 2.28. The molecule has 88 valence electrons. The molecule has 0 radical (unpaired) electrons. The van der Waals surface area contributed by atoms with Crippen molar-refractivity contribution < 1.29 is 5.11 Å². The SMILES string of the molecule is Oc1ccc2ccccc2c1Cc1cncnc1. The van der Waals surface area contributed by atoms with Gasteiger partial charge in [0.1, 0.15) is 12.1 Å². The zero-order valence-corrected chi connectivity index (χ0v) is 9.74. The van der Waals surface area contributed by atoms with Crippen molar-refractivity contribution in [3.8, 4) is 5.75 Å². The Morgan fingerprint density at radius 1 is 0.944 bits per heavy atom. The molecule has 3 rings (SSSR count). The molecule has 0 aliphatic rings. The summed E-state index contributed by atoms with van der Waals surface area (Å²) in [6.45, 7) is 0. The van der Waals surface area contributed by atoms with Crippen molar-refractivity contribution in [1.82, 2.24) is 9.97 Å². The monoisotopic (exact) mass is 236 g/mol. The van der Waals surface area contributed by atoms with Gasteiger partial charge in [-0.15, -0.1) is 0 Å². The summed E-state index contributed by atoms with van der Waals surface area (Å²) < 4.78 is 0. The fraction of sp³-hybridized carbons (Fsp3) is 0.0667. The number of rotatable bonds is 2. The Kier molecular flexibility index (Phi) is 2.65. The van der Waals surface area contributed by atoms with Crippen molar-refractivity contribution >= 4 is 10.8 Å². The van der Waals surface area contributed by atoms with Gasteiger partial charge in [0, 0.05) is 24.4 Å². The number of fused-ring (bicyclic) bond motifs is 1. The summed E-state index contributed by atoms with van der Waals surface area (Å²) in [5, 5.41) is 12.2. The molecule has 0 aliphatic carbocycles. The second kappa shape index (κ2) is 4.45. The maximum absolute atomic E-state index is 10.0. The molecule has 0 bridgehead atoms. The number of nitrogens with zero attached hydrogens (tertiary/aromatic N) is 2. The number of aromatic nitrogens is 2. The summed E-state index contributed by atoms with van der Waals surface area (Å²) in [5.74, 6) is 0.317. The normalized spacial score (nSPS) is 10.7. The van der Waals surface area contributed by atoms with Gasteiger partial charge in [-0.1, -0.05) is 30.3 Å². The van der Waals surface area contributed by atoms with Gasteiger partial charge in [0.25, 0.3) is 0 Å². The van der Waals surface area contributed by atoms with Crippen LogP contribution in [0.15, 0.2) is 55.1 Å². The Bertz CT molecular complexity index is 680. The minimum atomic E-state index is 0.317. The second-order valence-corrected chi connectivity index (χ2v) is 4.21. The number of hydrogen-bond donors (Lipinski definition) is 1. The predicted molar refractivity (Wildman–Crippen MR) is 70.5 cm³/mol. The van der Waals surface area contributed by atoms with E-state index in [1.165, 1.54) is 6.33 Å². The molecule has 0 spiro atoms. The highest BCUT2D eigenvalue weighted by molar-refractivity contribution is 5.87. The minimum Gasteiger partial charge on any atom is -0.508 e. The fourth-order valence-corrected chi connectivity index (χ4v) is 2.14. The van der Waals surface area contributed by atoms with Gasteiger partial charge in [0.05, 0.1) is 0 Å². The molecular formula is C15H12N2O. The molecule has 0 atom stereocenters. The van der Waals surface area contributed by atoms with Crippen LogP contribution in [0.4, 0.5) is 0 Å². The topological polar surface area (TPSA) is 46.0 Å². The van der Waals surface area contributed by atoms with E-state index in [0.29, 0.717) is 12.2 Å². The van der Waals surface area contributed by atoms with Crippen LogP contribution in [0.3, 0.4) is 0 Å². The zero-order valence-electron chi connectivity index (χ0n) is 9.74. The third-order valence-corrected chi connectivity index (χ3v) is 3.01. The number of hydrogen-bond acceptors (Lipinski definition) is 3. The lowest BCUT2D eigenvalue weighted by molar-refractivity contribution is 0.470. The molecule has 3 aromatic rings. The molecule has 3 nitrogen and oxygen atoms in total. The molecule has 3 heteroatoms. The van der Waals surface area contributed by atoms with Crippen LogP contribution in [0, 0.1) is 0 Å². The highest BCUT2D eigenvalue weighted by atomic mass is 16.3. The second-order valence-electron chi connectivity index (χ2n) is 4.21. The largest absolute Gasteiger partial charge is 0.508 e. The van der Waals surface area contributed by atoms with Crippen LogP contribution in [0.25, 0.3) is 10.8 Å². The zero-order chi connectivity index (χ0) is 12.4. The van der Waals surface area contributed by atoms with Crippen molar-refractivity contribution in [2.24, 2.45) is 0 Å². The molecule has 0 unspecified atom stereocenters. The third-order valence-electron chi connectivity index (χ3n) is 3.01. The third kappa shape index (κ3) is 1.91. The maximum Gasteiger partial charge on any atom is 0.119 e. The molecule has 1 aromatic heterocycles. The van der Waals surface area contributed by atoms with Gasteiger partial charge in [-0.25, -0.2) is 9.97 Å². The first-order chi connectivity index (χ1) is 8.84. The minimum absolute atomic E-state index is 0.317. The lowest BCUT2D eigenvalue weighted by Gasteiger charge is -2.08. The van der Waals surface area contributed by atoms with Crippen molar-refractivity contribution in [3.63, 3.8) is 0 Å². The van der Waals surface area contributed by atoms with E-state index < -0.39 is 0 Å². The maximum atomic E-state index is 10.0. The van der Waals surface area contributed by atoms with E-state index in [2.05, 4.69) is 9.97 Å². The van der Waals surface area contributed by atoms with Crippen LogP contribution >= 0.6 is 0 Å². The first-order valence-electron chi connectivity index (χ1n) is 5.78. The average molecular weight is 236 g/mol. The lowest BCUT2D eigenvalue weighted by atomic mass is 9.99. The van der Waals surface area contributed by atoms with Crippen molar-refractivity contribution in [2.75, 3.05) is 0 Å². The van der Waals surface area contributed by atoms with Crippen LogP contribution in [0.1, 0.15) is 11.1 Å². The molecule has 0 amide bonds. The Hall–Kier alpha value is -2.42. The molecule has 18 heavy (non-hydrogen) atoms. The summed E-state index contributed by atoms with van der Waals surface area (Å²) in [5.41, 5.74) is 1.91. The van der Waals surface area contributed by atoms with Crippen molar-refractivity contribution in [3.05, 3.63) is 66.2 Å². The van der Waals surface area contributed by atoms with Crippen LogP contribution in [0.2, 0.25) is 0 Å². The van der Waals surface area contributed by atoms with Gasteiger partial charge in [0.15, 0.2) is 0 Å². The molecule has 0 aliphatic heterocycles. The van der Waals surface area contributed by atoms with Crippen molar-refractivity contribution in [1.29, 1.82) is 0 Å². The van der Waals surface area contributed by atoms with Crippen LogP contribution < -0.4 is 0 Å². The molecule has 0 saturated heterocycles. The number of phenolic OH excluding ortho intramolecular Hbond substituents is 1. The van der Waals surface area contributed by atoms with E-state index in [1.807, 2.05) is 30.3 Å². The van der Waals surface area contributed by atoms with Crippen molar-refractivity contribution in [2.45, 2.75) is 6.42 Å². The molecule has 0 fully saturated rings. The molecular weight excluding hydrogens is 224 g/mol. The van der Waals surface area contributed by atoms with Crippen LogP contribution in [0.5, 0.6) is 5.75 Å². The first-order valence-corrected chi connectivity index (χ1v) is 5.78. The van der Waals surface area contributed by atoms with E-state index >= 15 is 0 Å². The summed E-state index contributed by atoms with van der Waals surface area (Å²) in [6.07, 6.45) is 5.68. The van der Waals surface area contributed by atoms with E-state index in [0.717, 1.165) is 21.9 Å². The van der Waals surface area contributed by atoms with E-state index in [1.54, 1.807) is 18.5 Å². The molecule has 1 N–H and O–H groups in total. The summed E-state index contributed by atoms with van der Waals surface area (Å²) >= 11 is 0. The lowest BCUT2D eigenvalue weighted by Crippen LogP contribution is -1.92. The first kappa shape index (κ1) is 10.7. The number of phenols is 1. The summed E-state index contributed by atoms with van der Waals surface area (Å²) in [4.78, 5) is 8.00. The quantitative estimate of drug-likeness (QED) is 0.744. The predicted octanol–water partition coefficient (Wildman–Crippen LogP) is 2.93. The Labute approximate surface area is 105 Å². The Morgan fingerprint density at radius 2 is 1.72 bits per heavy atom. The van der Waals surface area contributed by atoms with Gasteiger partial charge in [-0.05, 0) is 22.4 Å².